The number of carbonyl (C=O) groups excluding carboxylic acids is 1. The number of hydrogen-bond donors (Lipinski definition) is 1. The Morgan fingerprint density at radius 3 is 2.18 bits per heavy atom. The van der Waals surface area contributed by atoms with Crippen LogP contribution >= 0.6 is 0 Å². The van der Waals surface area contributed by atoms with Gasteiger partial charge in [-0.25, -0.2) is 18.0 Å². The highest BCUT2D eigenvalue weighted by Crippen LogP contribution is 2.30. The quantitative estimate of drug-likeness (QED) is 0.174. The highest BCUT2D eigenvalue weighted by Gasteiger charge is 2.29. The number of esters is 1. The molecule has 4 aromatic carbocycles. The number of fused-ring (bicyclic) bond motifs is 1. The molecule has 0 aliphatic heterocycles. The first-order valence-corrected chi connectivity index (χ1v) is 13.3. The lowest BCUT2D eigenvalue weighted by Gasteiger charge is -2.18. The molecule has 1 heterocycles. The first kappa shape index (κ1) is 25.1. The van der Waals surface area contributed by atoms with Crippen molar-refractivity contribution in [3.8, 4) is 16.9 Å². The Morgan fingerprint density at radius 1 is 0.842 bits per heavy atom. The maximum Gasteiger partial charge on any atom is 0.336 e. The molecule has 5 rings (SSSR count). The van der Waals surface area contributed by atoms with Crippen molar-refractivity contribution in [2.75, 3.05) is 0 Å². The summed E-state index contributed by atoms with van der Waals surface area (Å²) in [5.74, 6) is -0.737. The normalized spacial score (nSPS) is 12.2. The maximum absolute atomic E-state index is 13.3. The van der Waals surface area contributed by atoms with Crippen molar-refractivity contribution in [2.45, 2.75) is 17.9 Å². The van der Waals surface area contributed by atoms with Crippen molar-refractivity contribution in [2.24, 2.45) is 0 Å². The summed E-state index contributed by atoms with van der Waals surface area (Å²) in [4.78, 5) is 25.6. The summed E-state index contributed by atoms with van der Waals surface area (Å²) < 4.78 is 39.6. The van der Waals surface area contributed by atoms with Crippen LogP contribution in [0.15, 0.2) is 123 Å². The van der Waals surface area contributed by atoms with Crippen LogP contribution in [0.4, 0.5) is 0 Å². The van der Waals surface area contributed by atoms with Gasteiger partial charge in [0.05, 0.1) is 4.90 Å². The molecule has 1 aromatic heterocycles. The van der Waals surface area contributed by atoms with Crippen molar-refractivity contribution in [3.63, 3.8) is 0 Å². The molecule has 0 unspecified atom stereocenters. The summed E-state index contributed by atoms with van der Waals surface area (Å²) in [6.07, 6.45) is 0. The van der Waals surface area contributed by atoms with E-state index < -0.39 is 27.7 Å². The van der Waals surface area contributed by atoms with Crippen molar-refractivity contribution < 1.29 is 22.4 Å². The molecule has 0 fully saturated rings. The molecule has 0 aliphatic carbocycles. The lowest BCUT2D eigenvalue weighted by atomic mass is 10.0. The minimum absolute atomic E-state index is 0.0257. The van der Waals surface area contributed by atoms with Gasteiger partial charge in [0.15, 0.2) is 0 Å². The van der Waals surface area contributed by atoms with Crippen molar-refractivity contribution in [1.29, 1.82) is 0 Å². The second kappa shape index (κ2) is 10.5. The van der Waals surface area contributed by atoms with E-state index in [0.29, 0.717) is 16.5 Å². The van der Waals surface area contributed by atoms with E-state index in [9.17, 15) is 18.0 Å². The molecule has 0 radical (unpaired) electrons. The molecule has 0 saturated heterocycles. The van der Waals surface area contributed by atoms with Gasteiger partial charge >= 0.3 is 11.6 Å². The summed E-state index contributed by atoms with van der Waals surface area (Å²) in [6, 6.07) is 28.9. The van der Waals surface area contributed by atoms with Crippen LogP contribution in [0.2, 0.25) is 0 Å². The Kier molecular flexibility index (Phi) is 6.91. The largest absolute Gasteiger partial charge is 0.425 e. The molecular weight excluding hydrogens is 502 g/mol. The van der Waals surface area contributed by atoms with Crippen LogP contribution in [0, 0.1) is 6.92 Å². The zero-order valence-corrected chi connectivity index (χ0v) is 21.1. The summed E-state index contributed by atoms with van der Waals surface area (Å²) in [7, 11) is -4.05. The summed E-state index contributed by atoms with van der Waals surface area (Å²) in [5, 5.41) is 0.662. The highest BCUT2D eigenvalue weighted by atomic mass is 32.2. The van der Waals surface area contributed by atoms with Gasteiger partial charge in [-0.05, 0) is 47.9 Å². The van der Waals surface area contributed by atoms with Crippen LogP contribution in [-0.4, -0.2) is 14.4 Å². The third kappa shape index (κ3) is 5.41. The Labute approximate surface area is 219 Å². The Bertz CT molecular complexity index is 1760. The molecule has 5 aromatic rings. The lowest BCUT2D eigenvalue weighted by Crippen LogP contribution is -2.36. The van der Waals surface area contributed by atoms with Gasteiger partial charge in [0.25, 0.3) is 0 Å². The molecule has 0 saturated carbocycles. The number of rotatable bonds is 7. The number of hydrogen-bond acceptors (Lipinski definition) is 6. The van der Waals surface area contributed by atoms with Gasteiger partial charge in [0.2, 0.25) is 10.0 Å². The van der Waals surface area contributed by atoms with E-state index in [2.05, 4.69) is 4.72 Å². The van der Waals surface area contributed by atoms with Gasteiger partial charge in [-0.3, -0.25) is 0 Å². The number of carbonyl (C=O) groups is 1. The number of nitrogens with one attached hydrogen (secondary N) is 1. The standard InChI is InChI=1S/C30H23NO6S/c1-20-12-15-24(16-13-20)38(34,35)31-29(22-10-6-3-7-11-22)30(33)36-23-14-17-25-26(21-8-4-2-5-9-21)19-28(32)37-27(25)18-23/h2-19,29,31H,1H3/t29-/m0/s1. The van der Waals surface area contributed by atoms with E-state index >= 15 is 0 Å². The molecule has 8 heteroatoms. The Morgan fingerprint density at radius 2 is 1.50 bits per heavy atom. The molecule has 1 N–H and O–H groups in total. The predicted molar refractivity (Wildman–Crippen MR) is 144 cm³/mol. The van der Waals surface area contributed by atoms with Crippen molar-refractivity contribution in [1.82, 2.24) is 4.72 Å². The molecule has 0 spiro atoms. The van der Waals surface area contributed by atoms with Crippen LogP contribution < -0.4 is 15.1 Å². The van der Waals surface area contributed by atoms with Crippen LogP contribution in [0.5, 0.6) is 5.75 Å². The predicted octanol–water partition coefficient (Wildman–Crippen LogP) is 5.39. The Hall–Kier alpha value is -4.53. The topological polar surface area (TPSA) is 103 Å². The lowest BCUT2D eigenvalue weighted by molar-refractivity contribution is -0.136. The van der Waals surface area contributed by atoms with Crippen molar-refractivity contribution >= 4 is 27.0 Å². The molecular formula is C30H23NO6S. The smallest absolute Gasteiger partial charge is 0.336 e. The number of sulfonamides is 1. The zero-order chi connectivity index (χ0) is 26.7. The molecule has 1 atom stereocenters. The maximum atomic E-state index is 13.3. The summed E-state index contributed by atoms with van der Waals surface area (Å²) in [5.41, 5.74) is 2.52. The molecule has 7 nitrogen and oxygen atoms in total. The van der Waals surface area contributed by atoms with Crippen molar-refractivity contribution in [3.05, 3.63) is 131 Å². The van der Waals surface area contributed by atoms with E-state index in [1.165, 1.54) is 24.3 Å². The summed E-state index contributed by atoms with van der Waals surface area (Å²) in [6.45, 7) is 1.85. The second-order valence-electron chi connectivity index (χ2n) is 8.70. The van der Waals surface area contributed by atoms with Gasteiger partial charge in [-0.2, -0.15) is 4.72 Å². The highest BCUT2D eigenvalue weighted by molar-refractivity contribution is 7.89. The van der Waals surface area contributed by atoms with E-state index in [0.717, 1.165) is 11.1 Å². The first-order chi connectivity index (χ1) is 18.3. The molecule has 38 heavy (non-hydrogen) atoms. The SMILES string of the molecule is Cc1ccc(S(=O)(=O)N[C@H](C(=O)Oc2ccc3c(-c4ccccc4)cc(=O)oc3c2)c2ccccc2)cc1. The number of aryl methyl sites for hydroxylation is 1. The van der Waals surface area contributed by atoms with Gasteiger partial charge < -0.3 is 9.15 Å². The second-order valence-corrected chi connectivity index (χ2v) is 10.4. The van der Waals surface area contributed by atoms with Crippen LogP contribution in [0.1, 0.15) is 17.2 Å². The van der Waals surface area contributed by atoms with E-state index in [1.807, 2.05) is 37.3 Å². The molecule has 0 bridgehead atoms. The average Bonchev–Trinajstić information content (AvgIpc) is 2.92. The van der Waals surface area contributed by atoms with Gasteiger partial charge in [0, 0.05) is 17.5 Å². The zero-order valence-electron chi connectivity index (χ0n) is 20.3. The van der Waals surface area contributed by atoms with E-state index in [1.54, 1.807) is 54.6 Å². The molecule has 0 amide bonds. The van der Waals surface area contributed by atoms with E-state index in [4.69, 9.17) is 9.15 Å². The van der Waals surface area contributed by atoms with Gasteiger partial charge in [-0.1, -0.05) is 78.4 Å². The molecule has 190 valence electrons. The average molecular weight is 526 g/mol. The van der Waals surface area contributed by atoms with E-state index in [-0.39, 0.29) is 16.2 Å². The Balaban J connectivity index is 1.48. The number of benzene rings is 4. The fourth-order valence-corrected chi connectivity index (χ4v) is 5.25. The summed E-state index contributed by atoms with van der Waals surface area (Å²) >= 11 is 0. The van der Waals surface area contributed by atoms with Crippen LogP contribution in [-0.2, 0) is 14.8 Å². The monoisotopic (exact) mass is 525 g/mol. The van der Waals surface area contributed by atoms with Gasteiger partial charge in [-0.15, -0.1) is 0 Å². The fraction of sp³-hybridized carbons (Fsp3) is 0.0667. The van der Waals surface area contributed by atoms with Gasteiger partial charge in [0.1, 0.15) is 17.4 Å². The molecule has 0 aliphatic rings. The minimum Gasteiger partial charge on any atom is -0.425 e. The minimum atomic E-state index is -4.05. The van der Waals surface area contributed by atoms with Crippen LogP contribution in [0.3, 0.4) is 0 Å². The third-order valence-corrected chi connectivity index (χ3v) is 7.43. The fourth-order valence-electron chi connectivity index (χ4n) is 4.08. The third-order valence-electron chi connectivity index (χ3n) is 5.99. The first-order valence-electron chi connectivity index (χ1n) is 11.8. The number of ether oxygens (including phenoxy) is 1. The van der Waals surface area contributed by atoms with Crippen LogP contribution in [0.25, 0.3) is 22.1 Å².